The Labute approximate surface area is 175 Å². The Bertz CT molecular complexity index is 813. The number of nitrogens with zero attached hydrogens (tertiary/aromatic N) is 1. The molecular weight excluding hydrogens is 366 g/mol. The molecule has 1 aromatic heterocycles. The summed E-state index contributed by atoms with van der Waals surface area (Å²) in [7, 11) is 1.64. The number of rotatable bonds is 14. The summed E-state index contributed by atoms with van der Waals surface area (Å²) in [4.78, 5) is 13.4. The lowest BCUT2D eigenvalue weighted by Gasteiger charge is -2.19. The number of hydrogen-bond acceptors (Lipinski definition) is 4. The normalized spacial score (nSPS) is 11.0. The van der Waals surface area contributed by atoms with Crippen LogP contribution in [0.4, 0.5) is 0 Å². The summed E-state index contributed by atoms with van der Waals surface area (Å²) in [6.07, 6.45) is 8.30. The van der Waals surface area contributed by atoms with E-state index in [9.17, 15) is 4.79 Å². The van der Waals surface area contributed by atoms with Gasteiger partial charge in [-0.3, -0.25) is 4.79 Å². The second kappa shape index (κ2) is 12.4. The zero-order chi connectivity index (χ0) is 21.1. The molecule has 0 spiro atoms. The van der Waals surface area contributed by atoms with E-state index in [2.05, 4.69) is 20.8 Å². The number of benzene rings is 1. The summed E-state index contributed by atoms with van der Waals surface area (Å²) < 4.78 is 19.3. The molecule has 0 aliphatic carbocycles. The SMILES string of the molecule is CCCCCCn1c(=O)c(OCCCC)c(OCCCC)c2ccc(OC)cc21. The Kier molecular flexibility index (Phi) is 9.89. The van der Waals surface area contributed by atoms with Crippen LogP contribution in [-0.4, -0.2) is 24.9 Å². The summed E-state index contributed by atoms with van der Waals surface area (Å²) >= 11 is 0. The fraction of sp³-hybridized carbons (Fsp3) is 0.625. The van der Waals surface area contributed by atoms with Gasteiger partial charge in [-0.05, 0) is 31.4 Å². The molecule has 29 heavy (non-hydrogen) atoms. The largest absolute Gasteiger partial charge is 0.497 e. The highest BCUT2D eigenvalue weighted by Crippen LogP contribution is 2.35. The van der Waals surface area contributed by atoms with Gasteiger partial charge >= 0.3 is 0 Å². The predicted molar refractivity (Wildman–Crippen MR) is 120 cm³/mol. The molecule has 0 bridgehead atoms. The maximum Gasteiger partial charge on any atom is 0.297 e. The Morgan fingerprint density at radius 2 is 1.48 bits per heavy atom. The van der Waals surface area contributed by atoms with Gasteiger partial charge < -0.3 is 18.8 Å². The van der Waals surface area contributed by atoms with Gasteiger partial charge in [-0.1, -0.05) is 52.9 Å². The lowest BCUT2D eigenvalue weighted by Crippen LogP contribution is -2.24. The minimum Gasteiger partial charge on any atom is -0.497 e. The molecule has 162 valence electrons. The Balaban J connectivity index is 2.55. The van der Waals surface area contributed by atoms with E-state index in [1.54, 1.807) is 7.11 Å². The van der Waals surface area contributed by atoms with Crippen LogP contribution in [0, 0.1) is 0 Å². The van der Waals surface area contributed by atoms with Crippen molar-refractivity contribution in [1.82, 2.24) is 4.57 Å². The average Bonchev–Trinajstić information content (AvgIpc) is 2.74. The molecule has 0 aliphatic heterocycles. The maximum atomic E-state index is 13.4. The van der Waals surface area contributed by atoms with Crippen molar-refractivity contribution in [3.8, 4) is 17.2 Å². The molecule has 0 radical (unpaired) electrons. The van der Waals surface area contributed by atoms with Crippen molar-refractivity contribution in [2.75, 3.05) is 20.3 Å². The molecule has 2 aromatic rings. The summed E-state index contributed by atoms with van der Waals surface area (Å²) in [5.41, 5.74) is 0.741. The Hall–Kier alpha value is -2.17. The number of fused-ring (bicyclic) bond motifs is 1. The molecule has 0 unspecified atom stereocenters. The minimum atomic E-state index is -0.107. The van der Waals surface area contributed by atoms with Crippen molar-refractivity contribution in [3.05, 3.63) is 28.6 Å². The van der Waals surface area contributed by atoms with E-state index in [0.717, 1.165) is 55.2 Å². The second-order valence-corrected chi connectivity index (χ2v) is 7.46. The summed E-state index contributed by atoms with van der Waals surface area (Å²) in [6.45, 7) is 8.19. The average molecular weight is 404 g/mol. The number of methoxy groups -OCH3 is 1. The lowest BCUT2D eigenvalue weighted by atomic mass is 10.1. The molecule has 0 fully saturated rings. The first-order chi connectivity index (χ1) is 14.2. The summed E-state index contributed by atoms with van der Waals surface area (Å²) in [5, 5.41) is 0.906. The molecule has 0 saturated carbocycles. The van der Waals surface area contributed by atoms with E-state index in [-0.39, 0.29) is 5.56 Å². The highest BCUT2D eigenvalue weighted by atomic mass is 16.5. The zero-order valence-corrected chi connectivity index (χ0v) is 18.6. The van der Waals surface area contributed by atoms with Crippen LogP contribution in [-0.2, 0) is 6.54 Å². The number of ether oxygens (including phenoxy) is 3. The van der Waals surface area contributed by atoms with Crippen LogP contribution in [0.3, 0.4) is 0 Å². The number of hydrogen-bond donors (Lipinski definition) is 0. The number of pyridine rings is 1. The molecule has 0 amide bonds. The topological polar surface area (TPSA) is 49.7 Å². The van der Waals surface area contributed by atoms with Crippen molar-refractivity contribution >= 4 is 10.9 Å². The van der Waals surface area contributed by atoms with Crippen LogP contribution in [0.15, 0.2) is 23.0 Å². The number of aromatic nitrogens is 1. The van der Waals surface area contributed by atoms with E-state index in [1.807, 2.05) is 22.8 Å². The molecule has 1 aromatic carbocycles. The van der Waals surface area contributed by atoms with E-state index in [1.165, 1.54) is 12.8 Å². The van der Waals surface area contributed by atoms with Crippen LogP contribution >= 0.6 is 0 Å². The first-order valence-electron chi connectivity index (χ1n) is 11.2. The summed E-state index contributed by atoms with van der Waals surface area (Å²) in [6, 6.07) is 5.82. The predicted octanol–water partition coefficient (Wildman–Crippen LogP) is 5.95. The van der Waals surface area contributed by atoms with Crippen molar-refractivity contribution < 1.29 is 14.2 Å². The van der Waals surface area contributed by atoms with Crippen LogP contribution < -0.4 is 19.8 Å². The second-order valence-electron chi connectivity index (χ2n) is 7.46. The molecule has 0 saturated heterocycles. The monoisotopic (exact) mass is 403 g/mol. The van der Waals surface area contributed by atoms with Crippen molar-refractivity contribution in [2.45, 2.75) is 78.7 Å². The van der Waals surface area contributed by atoms with Crippen LogP contribution in [0.5, 0.6) is 17.2 Å². The molecule has 2 rings (SSSR count). The van der Waals surface area contributed by atoms with Gasteiger partial charge in [0.25, 0.3) is 5.56 Å². The fourth-order valence-electron chi connectivity index (χ4n) is 3.33. The smallest absolute Gasteiger partial charge is 0.297 e. The van der Waals surface area contributed by atoms with Gasteiger partial charge in [0.2, 0.25) is 5.75 Å². The molecule has 0 aliphatic rings. The minimum absolute atomic E-state index is 0.107. The van der Waals surface area contributed by atoms with E-state index in [0.29, 0.717) is 31.3 Å². The number of unbranched alkanes of at least 4 members (excludes halogenated alkanes) is 5. The highest BCUT2D eigenvalue weighted by molar-refractivity contribution is 5.89. The third-order valence-electron chi connectivity index (χ3n) is 5.11. The fourth-order valence-corrected chi connectivity index (χ4v) is 3.33. The molecule has 0 atom stereocenters. The highest BCUT2D eigenvalue weighted by Gasteiger charge is 2.20. The van der Waals surface area contributed by atoms with E-state index in [4.69, 9.17) is 14.2 Å². The first kappa shape index (κ1) is 23.1. The third kappa shape index (κ3) is 6.15. The quantitative estimate of drug-likeness (QED) is 0.366. The molecule has 5 nitrogen and oxygen atoms in total. The van der Waals surface area contributed by atoms with Gasteiger partial charge in [0, 0.05) is 18.0 Å². The zero-order valence-electron chi connectivity index (χ0n) is 18.6. The van der Waals surface area contributed by atoms with Crippen molar-refractivity contribution in [2.24, 2.45) is 0 Å². The van der Waals surface area contributed by atoms with E-state index < -0.39 is 0 Å². The van der Waals surface area contributed by atoms with Crippen LogP contribution in [0.2, 0.25) is 0 Å². The molecular formula is C24H37NO4. The van der Waals surface area contributed by atoms with Gasteiger partial charge in [0.05, 0.1) is 25.8 Å². The van der Waals surface area contributed by atoms with Gasteiger partial charge in [-0.25, -0.2) is 0 Å². The molecule has 5 heteroatoms. The Morgan fingerprint density at radius 3 is 2.10 bits per heavy atom. The van der Waals surface area contributed by atoms with Gasteiger partial charge in [-0.2, -0.15) is 0 Å². The lowest BCUT2D eigenvalue weighted by molar-refractivity contribution is 0.259. The van der Waals surface area contributed by atoms with Crippen LogP contribution in [0.1, 0.15) is 72.1 Å². The molecule has 0 N–H and O–H groups in total. The Morgan fingerprint density at radius 1 is 0.828 bits per heavy atom. The van der Waals surface area contributed by atoms with Gasteiger partial charge in [0.1, 0.15) is 5.75 Å². The standard InChI is InChI=1S/C24H37NO4/c1-5-8-11-12-15-25-21-18-19(27-4)13-14-20(21)22(28-16-9-6-2)23(24(25)26)29-17-10-7-3/h13-14,18H,5-12,15-17H2,1-4H3. The number of aryl methyl sites for hydroxylation is 1. The molecule has 1 heterocycles. The van der Waals surface area contributed by atoms with E-state index >= 15 is 0 Å². The van der Waals surface area contributed by atoms with Crippen LogP contribution in [0.25, 0.3) is 10.9 Å². The third-order valence-corrected chi connectivity index (χ3v) is 5.11. The maximum absolute atomic E-state index is 13.4. The van der Waals surface area contributed by atoms with Gasteiger partial charge in [-0.15, -0.1) is 0 Å². The first-order valence-corrected chi connectivity index (χ1v) is 11.2. The van der Waals surface area contributed by atoms with Gasteiger partial charge in [0.15, 0.2) is 5.75 Å². The van der Waals surface area contributed by atoms with Crippen molar-refractivity contribution in [1.29, 1.82) is 0 Å². The van der Waals surface area contributed by atoms with Crippen molar-refractivity contribution in [3.63, 3.8) is 0 Å². The summed E-state index contributed by atoms with van der Waals surface area (Å²) in [5.74, 6) is 1.66.